The van der Waals surface area contributed by atoms with Crippen molar-refractivity contribution in [2.45, 2.75) is 26.4 Å². The van der Waals surface area contributed by atoms with E-state index in [1.54, 1.807) is 25.5 Å². The standard InChI is InChI=1S/C18H26N6O3/c1-5-16-23-22-12-24(16)9-8-20-18(19-2)21-11-13-6-7-15(26-3)14(10-13)17(25)27-4/h6-7,10,12H,5,8-9,11H2,1-4H3,(H2,19,20,21). The number of carbonyl (C=O) groups is 1. The molecule has 0 aliphatic heterocycles. The maximum absolute atomic E-state index is 11.9. The zero-order valence-corrected chi connectivity index (χ0v) is 16.2. The number of nitrogens with one attached hydrogen (secondary N) is 2. The molecule has 0 fully saturated rings. The van der Waals surface area contributed by atoms with Gasteiger partial charge in [-0.2, -0.15) is 0 Å². The van der Waals surface area contributed by atoms with Crippen LogP contribution >= 0.6 is 0 Å². The first kappa shape index (κ1) is 20.2. The molecule has 0 saturated carbocycles. The molecule has 0 spiro atoms. The predicted octanol–water partition coefficient (Wildman–Crippen LogP) is 1.00. The summed E-state index contributed by atoms with van der Waals surface area (Å²) >= 11 is 0. The fourth-order valence-corrected chi connectivity index (χ4v) is 2.58. The van der Waals surface area contributed by atoms with Gasteiger partial charge in [0.15, 0.2) is 5.96 Å². The third-order valence-corrected chi connectivity index (χ3v) is 4.01. The van der Waals surface area contributed by atoms with Crippen LogP contribution in [0.3, 0.4) is 0 Å². The smallest absolute Gasteiger partial charge is 0.341 e. The van der Waals surface area contributed by atoms with Gasteiger partial charge in [-0.1, -0.05) is 13.0 Å². The molecule has 0 amide bonds. The number of hydrogen-bond donors (Lipinski definition) is 2. The van der Waals surface area contributed by atoms with Crippen LogP contribution in [0.2, 0.25) is 0 Å². The largest absolute Gasteiger partial charge is 0.496 e. The Bertz CT molecular complexity index is 787. The molecule has 1 heterocycles. The van der Waals surface area contributed by atoms with Gasteiger partial charge in [-0.15, -0.1) is 10.2 Å². The van der Waals surface area contributed by atoms with Crippen LogP contribution in [0.1, 0.15) is 28.7 Å². The molecule has 2 aromatic rings. The molecule has 0 aliphatic carbocycles. The Balaban J connectivity index is 1.91. The van der Waals surface area contributed by atoms with Gasteiger partial charge in [-0.25, -0.2) is 4.79 Å². The molecule has 0 bridgehead atoms. The molecular weight excluding hydrogens is 348 g/mol. The highest BCUT2D eigenvalue weighted by Crippen LogP contribution is 2.20. The Morgan fingerprint density at radius 3 is 2.78 bits per heavy atom. The van der Waals surface area contributed by atoms with Gasteiger partial charge < -0.3 is 24.7 Å². The molecule has 0 atom stereocenters. The van der Waals surface area contributed by atoms with E-state index in [0.29, 0.717) is 30.4 Å². The van der Waals surface area contributed by atoms with Crippen molar-refractivity contribution >= 4 is 11.9 Å². The number of aryl methyl sites for hydroxylation is 1. The first-order chi connectivity index (χ1) is 13.1. The molecule has 146 valence electrons. The van der Waals surface area contributed by atoms with Gasteiger partial charge in [0.1, 0.15) is 23.5 Å². The Morgan fingerprint density at radius 2 is 2.11 bits per heavy atom. The van der Waals surface area contributed by atoms with E-state index >= 15 is 0 Å². The lowest BCUT2D eigenvalue weighted by molar-refractivity contribution is 0.0597. The third-order valence-electron chi connectivity index (χ3n) is 4.01. The topological polar surface area (TPSA) is 103 Å². The van der Waals surface area contributed by atoms with E-state index in [-0.39, 0.29) is 0 Å². The van der Waals surface area contributed by atoms with Crippen LogP contribution < -0.4 is 15.4 Å². The molecule has 2 rings (SSSR count). The van der Waals surface area contributed by atoms with Gasteiger partial charge in [0.25, 0.3) is 0 Å². The first-order valence-electron chi connectivity index (χ1n) is 8.69. The molecule has 1 aromatic heterocycles. The highest BCUT2D eigenvalue weighted by molar-refractivity contribution is 5.92. The van der Waals surface area contributed by atoms with Gasteiger partial charge in [0.2, 0.25) is 0 Å². The number of nitrogens with zero attached hydrogens (tertiary/aromatic N) is 4. The maximum atomic E-state index is 11.9. The van der Waals surface area contributed by atoms with Gasteiger partial charge in [0, 0.05) is 33.1 Å². The molecule has 27 heavy (non-hydrogen) atoms. The summed E-state index contributed by atoms with van der Waals surface area (Å²) in [6, 6.07) is 5.38. The van der Waals surface area contributed by atoms with E-state index in [4.69, 9.17) is 9.47 Å². The molecule has 1 aromatic carbocycles. The second-order valence-corrected chi connectivity index (χ2v) is 5.67. The Labute approximate surface area is 158 Å². The number of hydrogen-bond acceptors (Lipinski definition) is 6. The van der Waals surface area contributed by atoms with Crippen molar-refractivity contribution in [1.82, 2.24) is 25.4 Å². The minimum absolute atomic E-state index is 0.391. The number of esters is 1. The highest BCUT2D eigenvalue weighted by Gasteiger charge is 2.13. The van der Waals surface area contributed by atoms with Crippen molar-refractivity contribution in [2.75, 3.05) is 27.8 Å². The highest BCUT2D eigenvalue weighted by atomic mass is 16.5. The molecule has 0 saturated heterocycles. The van der Waals surface area contributed by atoms with Crippen LogP contribution in [0, 0.1) is 0 Å². The fourth-order valence-electron chi connectivity index (χ4n) is 2.58. The lowest BCUT2D eigenvalue weighted by atomic mass is 10.1. The summed E-state index contributed by atoms with van der Waals surface area (Å²) in [4.78, 5) is 16.1. The van der Waals surface area contributed by atoms with Crippen molar-refractivity contribution in [2.24, 2.45) is 4.99 Å². The third kappa shape index (κ3) is 5.44. The quantitative estimate of drug-likeness (QED) is 0.404. The average molecular weight is 374 g/mol. The summed E-state index contributed by atoms with van der Waals surface area (Å²) in [6.45, 7) is 3.97. The Kier molecular flexibility index (Phi) is 7.60. The van der Waals surface area contributed by atoms with E-state index in [9.17, 15) is 4.79 Å². The van der Waals surface area contributed by atoms with Gasteiger partial charge in [-0.3, -0.25) is 4.99 Å². The lowest BCUT2D eigenvalue weighted by Crippen LogP contribution is -2.38. The molecule has 2 N–H and O–H groups in total. The normalized spacial score (nSPS) is 11.2. The van der Waals surface area contributed by atoms with Crippen molar-refractivity contribution in [3.8, 4) is 5.75 Å². The summed E-state index contributed by atoms with van der Waals surface area (Å²) < 4.78 is 12.0. The van der Waals surface area contributed by atoms with Crippen LogP contribution in [0.25, 0.3) is 0 Å². The van der Waals surface area contributed by atoms with Crippen molar-refractivity contribution in [3.63, 3.8) is 0 Å². The number of aliphatic imine (C=N–C) groups is 1. The fraction of sp³-hybridized carbons (Fsp3) is 0.444. The monoisotopic (exact) mass is 374 g/mol. The minimum Gasteiger partial charge on any atom is -0.496 e. The number of ether oxygens (including phenoxy) is 2. The van der Waals surface area contributed by atoms with Crippen molar-refractivity contribution in [3.05, 3.63) is 41.5 Å². The summed E-state index contributed by atoms with van der Waals surface area (Å²) in [5.41, 5.74) is 1.30. The minimum atomic E-state index is -0.433. The van der Waals surface area contributed by atoms with Crippen LogP contribution in [0.5, 0.6) is 5.75 Å². The molecule has 0 unspecified atom stereocenters. The van der Waals surface area contributed by atoms with Gasteiger partial charge in [0.05, 0.1) is 14.2 Å². The Hall–Kier alpha value is -3.10. The molecule has 0 aliphatic rings. The van der Waals surface area contributed by atoms with E-state index in [2.05, 4.69) is 25.8 Å². The number of aromatic nitrogens is 3. The second-order valence-electron chi connectivity index (χ2n) is 5.67. The molecular formula is C18H26N6O3. The van der Waals surface area contributed by atoms with E-state index < -0.39 is 5.97 Å². The maximum Gasteiger partial charge on any atom is 0.341 e. The summed E-state index contributed by atoms with van der Waals surface area (Å²) in [5, 5.41) is 14.5. The van der Waals surface area contributed by atoms with Crippen LogP contribution in [0.15, 0.2) is 29.5 Å². The summed E-state index contributed by atoms with van der Waals surface area (Å²) in [5.74, 6) is 1.66. The average Bonchev–Trinajstić information content (AvgIpc) is 3.17. The number of methoxy groups -OCH3 is 2. The first-order valence-corrected chi connectivity index (χ1v) is 8.69. The van der Waals surface area contributed by atoms with Crippen LogP contribution in [-0.4, -0.2) is 54.5 Å². The second kappa shape index (κ2) is 10.1. The van der Waals surface area contributed by atoms with Gasteiger partial charge >= 0.3 is 5.97 Å². The van der Waals surface area contributed by atoms with Crippen molar-refractivity contribution in [1.29, 1.82) is 0 Å². The number of carbonyl (C=O) groups excluding carboxylic acids is 1. The molecule has 9 heteroatoms. The van der Waals surface area contributed by atoms with Crippen LogP contribution in [-0.2, 0) is 24.2 Å². The number of rotatable bonds is 8. The van der Waals surface area contributed by atoms with E-state index in [1.807, 2.05) is 17.6 Å². The molecule has 0 radical (unpaired) electrons. The zero-order chi connectivity index (χ0) is 19.6. The van der Waals surface area contributed by atoms with Crippen molar-refractivity contribution < 1.29 is 14.3 Å². The number of guanidine groups is 1. The SMILES string of the molecule is CCc1nncn1CCNC(=NC)NCc1ccc(OC)c(C(=O)OC)c1. The number of benzene rings is 1. The molecule has 9 nitrogen and oxygen atoms in total. The van der Waals surface area contributed by atoms with E-state index in [0.717, 1.165) is 24.4 Å². The van der Waals surface area contributed by atoms with Gasteiger partial charge in [-0.05, 0) is 17.7 Å². The van der Waals surface area contributed by atoms with E-state index in [1.165, 1.54) is 14.2 Å². The predicted molar refractivity (Wildman–Crippen MR) is 102 cm³/mol. The van der Waals surface area contributed by atoms with Crippen LogP contribution in [0.4, 0.5) is 0 Å². The Morgan fingerprint density at radius 1 is 1.30 bits per heavy atom. The zero-order valence-electron chi connectivity index (χ0n) is 16.2. The summed E-state index contributed by atoms with van der Waals surface area (Å²) in [6.07, 6.45) is 2.56. The summed E-state index contributed by atoms with van der Waals surface area (Å²) in [7, 11) is 4.57. The lowest BCUT2D eigenvalue weighted by Gasteiger charge is -2.14.